The van der Waals surface area contributed by atoms with Crippen molar-refractivity contribution in [3.05, 3.63) is 35.4 Å². The van der Waals surface area contributed by atoms with Crippen LogP contribution in [0.1, 0.15) is 99.8 Å². The molecule has 0 spiro atoms. The summed E-state index contributed by atoms with van der Waals surface area (Å²) in [5, 5.41) is 11.4. The summed E-state index contributed by atoms with van der Waals surface area (Å²) in [7, 11) is 0. The fraction of sp³-hybridized carbons (Fsp3) is 0.714. The van der Waals surface area contributed by atoms with Gasteiger partial charge in [0.1, 0.15) is 0 Å². The summed E-state index contributed by atoms with van der Waals surface area (Å²) < 4.78 is 5.81. The highest BCUT2D eigenvalue weighted by molar-refractivity contribution is 6.01. The molecule has 32 heavy (non-hydrogen) atoms. The van der Waals surface area contributed by atoms with Crippen LogP contribution in [0.25, 0.3) is 0 Å². The molecule has 2 unspecified atom stereocenters. The van der Waals surface area contributed by atoms with Crippen molar-refractivity contribution in [1.29, 1.82) is 0 Å². The molecule has 1 aromatic carbocycles. The Hall–Kier alpha value is -1.84. The molecule has 0 aliphatic heterocycles. The molecule has 176 valence electrons. The maximum atomic E-state index is 12.8. The number of carboxylic acid groups (broad SMARTS) is 1. The lowest BCUT2D eigenvalue weighted by Gasteiger charge is -2.61. The van der Waals surface area contributed by atoms with Gasteiger partial charge in [0.05, 0.1) is 18.1 Å². The van der Waals surface area contributed by atoms with E-state index in [9.17, 15) is 14.7 Å². The largest absolute Gasteiger partial charge is 0.545 e. The molecule has 0 aromatic heterocycles. The second kappa shape index (κ2) is 8.83. The first-order valence-electron chi connectivity index (χ1n) is 12.6. The van der Waals surface area contributed by atoms with E-state index in [4.69, 9.17) is 4.74 Å². The van der Waals surface area contributed by atoms with Gasteiger partial charge in [-0.15, -0.1) is 0 Å². The number of hydrogen-bond acceptors (Lipinski definition) is 4. The smallest absolute Gasteiger partial charge is 0.338 e. The number of benzene rings is 1. The molecule has 3 fully saturated rings. The highest BCUT2D eigenvalue weighted by atomic mass is 16.5. The molecule has 3 saturated carbocycles. The zero-order valence-electron chi connectivity index (χ0n) is 20.2. The zero-order chi connectivity index (χ0) is 23.1. The van der Waals surface area contributed by atoms with Crippen LogP contribution in [0.2, 0.25) is 0 Å². The van der Waals surface area contributed by atoms with Gasteiger partial charge < -0.3 is 14.6 Å². The number of hydrogen-bond donors (Lipinski definition) is 0. The predicted octanol–water partition coefficient (Wildman–Crippen LogP) is 5.50. The highest BCUT2D eigenvalue weighted by Crippen LogP contribution is 2.64. The molecule has 6 atom stereocenters. The van der Waals surface area contributed by atoms with Gasteiger partial charge in [0.25, 0.3) is 0 Å². The Bertz CT molecular complexity index is 861. The van der Waals surface area contributed by atoms with Crippen molar-refractivity contribution in [3.63, 3.8) is 0 Å². The minimum absolute atomic E-state index is 0.0566. The lowest BCUT2D eigenvalue weighted by atomic mass is 9.44. The van der Waals surface area contributed by atoms with Crippen molar-refractivity contribution in [1.82, 2.24) is 0 Å². The molecule has 0 amide bonds. The molecule has 0 N–H and O–H groups in total. The fourth-order valence-electron chi connectivity index (χ4n) is 7.93. The normalized spacial score (nSPS) is 36.8. The maximum absolute atomic E-state index is 12.8. The monoisotopic (exact) mass is 439 g/mol. The van der Waals surface area contributed by atoms with E-state index in [1.807, 2.05) is 0 Å². The average Bonchev–Trinajstić information content (AvgIpc) is 2.77. The van der Waals surface area contributed by atoms with Crippen LogP contribution in [-0.2, 0) is 4.74 Å². The second-order valence-electron chi connectivity index (χ2n) is 11.7. The van der Waals surface area contributed by atoms with Crippen LogP contribution < -0.4 is 5.11 Å². The Kier molecular flexibility index (Phi) is 6.44. The molecule has 4 rings (SSSR count). The molecular formula is C28H39O4-. The topological polar surface area (TPSA) is 66.4 Å². The molecule has 0 saturated heterocycles. The van der Waals surface area contributed by atoms with Gasteiger partial charge in [-0.05, 0) is 86.0 Å². The molecule has 0 heterocycles. The van der Waals surface area contributed by atoms with Gasteiger partial charge in [0.2, 0.25) is 0 Å². The number of carbonyl (C=O) groups is 2. The van der Waals surface area contributed by atoms with Gasteiger partial charge in [-0.1, -0.05) is 52.3 Å². The van der Waals surface area contributed by atoms with Crippen LogP contribution in [0, 0.1) is 40.4 Å². The Balaban J connectivity index is 1.49. The predicted molar refractivity (Wildman–Crippen MR) is 123 cm³/mol. The number of ether oxygens (including phenoxy) is 1. The average molecular weight is 440 g/mol. The third-order valence-electron chi connectivity index (χ3n) is 9.64. The van der Waals surface area contributed by atoms with Gasteiger partial charge in [0.15, 0.2) is 0 Å². The third-order valence-corrected chi connectivity index (χ3v) is 9.64. The van der Waals surface area contributed by atoms with E-state index in [-0.39, 0.29) is 16.5 Å². The van der Waals surface area contributed by atoms with Gasteiger partial charge in [-0.25, -0.2) is 4.79 Å². The summed E-state index contributed by atoms with van der Waals surface area (Å²) in [6, 6.07) is 6.18. The first kappa shape index (κ1) is 23.3. The Morgan fingerprint density at radius 3 is 2.47 bits per heavy atom. The maximum Gasteiger partial charge on any atom is 0.338 e. The van der Waals surface area contributed by atoms with Gasteiger partial charge >= 0.3 is 5.97 Å². The first-order valence-corrected chi connectivity index (χ1v) is 12.6. The molecule has 1 aromatic rings. The molecular weight excluding hydrogens is 400 g/mol. The highest BCUT2D eigenvalue weighted by Gasteiger charge is 2.57. The van der Waals surface area contributed by atoms with Gasteiger partial charge in [-0.3, -0.25) is 0 Å². The summed E-state index contributed by atoms with van der Waals surface area (Å²) in [6.45, 7) is 9.94. The van der Waals surface area contributed by atoms with Gasteiger partial charge in [0, 0.05) is 11.0 Å². The van der Waals surface area contributed by atoms with Crippen molar-refractivity contribution in [3.8, 4) is 0 Å². The van der Waals surface area contributed by atoms with E-state index in [1.165, 1.54) is 57.1 Å². The summed E-state index contributed by atoms with van der Waals surface area (Å²) in [5.41, 5.74) is 0.246. The van der Waals surface area contributed by atoms with Crippen LogP contribution in [-0.4, -0.2) is 18.5 Å². The summed E-state index contributed by atoms with van der Waals surface area (Å²) >= 11 is 0. The molecule has 0 bridgehead atoms. The lowest BCUT2D eigenvalue weighted by Crippen LogP contribution is -2.55. The number of esters is 1. The van der Waals surface area contributed by atoms with Crippen molar-refractivity contribution in [2.24, 2.45) is 40.4 Å². The van der Waals surface area contributed by atoms with E-state index >= 15 is 0 Å². The van der Waals surface area contributed by atoms with Crippen molar-refractivity contribution in [2.75, 3.05) is 6.61 Å². The zero-order valence-corrected chi connectivity index (χ0v) is 20.2. The number of carbonyl (C=O) groups excluding carboxylic acids is 2. The third kappa shape index (κ3) is 4.10. The molecule has 0 radical (unpaired) electrons. The Labute approximate surface area is 193 Å². The SMILES string of the molecule is CC(C)C1CC[C@H]2C(CC[C@H]3[C@](C)(COC(=O)c4ccccc4C(=O)[O-])CCC[C@]23C)C1. The van der Waals surface area contributed by atoms with Crippen LogP contribution in [0.3, 0.4) is 0 Å². The summed E-state index contributed by atoms with van der Waals surface area (Å²) in [6.07, 6.45) is 10.1. The lowest BCUT2D eigenvalue weighted by molar-refractivity contribution is -0.255. The van der Waals surface area contributed by atoms with Crippen LogP contribution in [0.5, 0.6) is 0 Å². The Morgan fingerprint density at radius 2 is 1.78 bits per heavy atom. The van der Waals surface area contributed by atoms with Gasteiger partial charge in [-0.2, -0.15) is 0 Å². The van der Waals surface area contributed by atoms with E-state index in [1.54, 1.807) is 12.1 Å². The molecule has 4 nitrogen and oxygen atoms in total. The standard InChI is InChI=1S/C28H40O4/c1-18(2)19-10-12-23-20(16-19)11-13-24-27(3,14-7-15-28(23,24)4)17-32-26(31)22-9-6-5-8-21(22)25(29)30/h5-6,8-9,18-20,23-24H,7,10-17H2,1-4H3,(H,29,30)/p-1/t19?,20?,23-,24-,27-,28+/m0/s1. The molecule has 3 aliphatic carbocycles. The van der Waals surface area contributed by atoms with E-state index < -0.39 is 11.9 Å². The van der Waals surface area contributed by atoms with Crippen LogP contribution in [0.4, 0.5) is 0 Å². The Morgan fingerprint density at radius 1 is 1.06 bits per heavy atom. The number of rotatable bonds is 5. The summed E-state index contributed by atoms with van der Waals surface area (Å²) in [4.78, 5) is 24.2. The molecule has 4 heteroatoms. The van der Waals surface area contributed by atoms with Crippen LogP contribution in [0.15, 0.2) is 24.3 Å². The van der Waals surface area contributed by atoms with Crippen LogP contribution >= 0.6 is 0 Å². The molecule has 3 aliphatic rings. The van der Waals surface area contributed by atoms with Crippen molar-refractivity contribution in [2.45, 2.75) is 79.1 Å². The summed E-state index contributed by atoms with van der Waals surface area (Å²) in [5.74, 6) is 1.93. The quantitative estimate of drug-likeness (QED) is 0.568. The van der Waals surface area contributed by atoms with Crippen molar-refractivity contribution < 1.29 is 19.4 Å². The van der Waals surface area contributed by atoms with E-state index in [0.29, 0.717) is 17.9 Å². The first-order chi connectivity index (χ1) is 15.2. The van der Waals surface area contributed by atoms with E-state index in [0.717, 1.165) is 30.1 Å². The van der Waals surface area contributed by atoms with E-state index in [2.05, 4.69) is 27.7 Å². The second-order valence-corrected chi connectivity index (χ2v) is 11.7. The minimum atomic E-state index is -1.34. The number of aromatic carboxylic acids is 1. The minimum Gasteiger partial charge on any atom is -0.545 e. The van der Waals surface area contributed by atoms with Crippen molar-refractivity contribution >= 4 is 11.9 Å². The number of fused-ring (bicyclic) bond motifs is 3. The fourth-order valence-corrected chi connectivity index (χ4v) is 7.93. The number of carboxylic acids is 1.